The van der Waals surface area contributed by atoms with E-state index in [9.17, 15) is 4.79 Å². The van der Waals surface area contributed by atoms with E-state index >= 15 is 0 Å². The summed E-state index contributed by atoms with van der Waals surface area (Å²) in [5.74, 6) is 0.0959. The van der Waals surface area contributed by atoms with Gasteiger partial charge in [-0.3, -0.25) is 4.79 Å². The molecule has 0 radical (unpaired) electrons. The maximum atomic E-state index is 11.7. The van der Waals surface area contributed by atoms with Gasteiger partial charge in [-0.05, 0) is 46.8 Å². The van der Waals surface area contributed by atoms with Crippen LogP contribution in [-0.2, 0) is 9.53 Å². The average molecular weight is 257 g/mol. The molecule has 0 aromatic carbocycles. The lowest BCUT2D eigenvalue weighted by Gasteiger charge is -2.23. The van der Waals surface area contributed by atoms with Gasteiger partial charge >= 0.3 is 0 Å². The van der Waals surface area contributed by atoms with Crippen LogP contribution in [0.15, 0.2) is 0 Å². The van der Waals surface area contributed by atoms with Crippen molar-refractivity contribution in [2.75, 3.05) is 40.4 Å². The third-order valence-electron chi connectivity index (χ3n) is 3.21. The summed E-state index contributed by atoms with van der Waals surface area (Å²) >= 11 is 0. The summed E-state index contributed by atoms with van der Waals surface area (Å²) < 4.78 is 5.26. The van der Waals surface area contributed by atoms with Crippen LogP contribution in [0.1, 0.15) is 26.2 Å². The zero-order chi connectivity index (χ0) is 13.4. The van der Waals surface area contributed by atoms with Gasteiger partial charge in [-0.15, -0.1) is 0 Å². The van der Waals surface area contributed by atoms with Crippen LogP contribution in [0.25, 0.3) is 0 Å². The first-order valence-corrected chi connectivity index (χ1v) is 6.83. The van der Waals surface area contributed by atoms with Crippen LogP contribution in [0.2, 0.25) is 0 Å². The summed E-state index contributed by atoms with van der Waals surface area (Å²) in [6, 6.07) is 0.665. The molecule has 18 heavy (non-hydrogen) atoms. The van der Waals surface area contributed by atoms with Crippen molar-refractivity contribution in [2.45, 2.75) is 38.3 Å². The van der Waals surface area contributed by atoms with Crippen molar-refractivity contribution in [2.24, 2.45) is 0 Å². The van der Waals surface area contributed by atoms with Gasteiger partial charge in [-0.2, -0.15) is 0 Å². The Morgan fingerprint density at radius 1 is 1.39 bits per heavy atom. The molecule has 1 aliphatic rings. The lowest BCUT2D eigenvalue weighted by atomic mass is 10.1. The first-order chi connectivity index (χ1) is 8.58. The van der Waals surface area contributed by atoms with Crippen molar-refractivity contribution < 1.29 is 9.53 Å². The highest BCUT2D eigenvalue weighted by Crippen LogP contribution is 2.05. The molecule has 1 unspecified atom stereocenters. The molecule has 0 aromatic heterocycles. The number of carbonyl (C=O) groups is 1. The molecule has 0 aliphatic carbocycles. The molecule has 1 amide bonds. The number of rotatable bonds is 7. The van der Waals surface area contributed by atoms with E-state index in [0.29, 0.717) is 18.6 Å². The summed E-state index contributed by atoms with van der Waals surface area (Å²) in [6.07, 6.45) is 2.92. The van der Waals surface area contributed by atoms with Crippen molar-refractivity contribution in [1.29, 1.82) is 0 Å². The highest BCUT2D eigenvalue weighted by Gasteiger charge is 2.16. The number of hydrogen-bond donors (Lipinski definition) is 2. The van der Waals surface area contributed by atoms with Crippen LogP contribution >= 0.6 is 0 Å². The van der Waals surface area contributed by atoms with Crippen molar-refractivity contribution in [3.05, 3.63) is 0 Å². The fourth-order valence-corrected chi connectivity index (χ4v) is 1.94. The molecule has 1 saturated heterocycles. The fourth-order valence-electron chi connectivity index (χ4n) is 1.94. The highest BCUT2D eigenvalue weighted by molar-refractivity contribution is 5.78. The third-order valence-corrected chi connectivity index (χ3v) is 3.21. The minimum absolute atomic E-state index is 0.0959. The molecule has 106 valence electrons. The van der Waals surface area contributed by atoms with Crippen molar-refractivity contribution in [3.63, 3.8) is 0 Å². The molecule has 5 nitrogen and oxygen atoms in total. The van der Waals surface area contributed by atoms with Crippen molar-refractivity contribution in [3.8, 4) is 0 Å². The first-order valence-electron chi connectivity index (χ1n) is 6.83. The van der Waals surface area contributed by atoms with E-state index in [0.717, 1.165) is 39.0 Å². The molecule has 2 N–H and O–H groups in total. The minimum atomic E-state index is 0.0959. The van der Waals surface area contributed by atoms with Gasteiger partial charge in [0.15, 0.2) is 0 Å². The maximum absolute atomic E-state index is 11.7. The van der Waals surface area contributed by atoms with Gasteiger partial charge in [0.25, 0.3) is 0 Å². The van der Waals surface area contributed by atoms with E-state index in [1.165, 1.54) is 0 Å². The Kier molecular flexibility index (Phi) is 7.23. The molecule has 0 bridgehead atoms. The Balaban J connectivity index is 2.08. The first kappa shape index (κ1) is 15.4. The Morgan fingerprint density at radius 2 is 2.06 bits per heavy atom. The number of nitrogens with one attached hydrogen (secondary N) is 2. The lowest BCUT2D eigenvalue weighted by Crippen LogP contribution is -2.44. The van der Waals surface area contributed by atoms with Gasteiger partial charge in [0.1, 0.15) is 0 Å². The summed E-state index contributed by atoms with van der Waals surface area (Å²) in [5.41, 5.74) is 0. The zero-order valence-corrected chi connectivity index (χ0v) is 11.9. The Morgan fingerprint density at radius 3 is 2.67 bits per heavy atom. The lowest BCUT2D eigenvalue weighted by molar-refractivity contribution is -0.121. The number of amides is 1. The van der Waals surface area contributed by atoms with E-state index in [4.69, 9.17) is 4.74 Å². The molecular weight excluding hydrogens is 230 g/mol. The monoisotopic (exact) mass is 257 g/mol. The Hall–Kier alpha value is -0.650. The molecule has 5 heteroatoms. The summed E-state index contributed by atoms with van der Waals surface area (Å²) in [7, 11) is 4.12. The normalized spacial score (nSPS) is 18.9. The summed E-state index contributed by atoms with van der Waals surface area (Å²) in [6.45, 7) is 5.09. The smallest absolute Gasteiger partial charge is 0.234 e. The summed E-state index contributed by atoms with van der Waals surface area (Å²) in [4.78, 5) is 13.9. The second-order valence-electron chi connectivity index (χ2n) is 5.33. The van der Waals surface area contributed by atoms with E-state index < -0.39 is 0 Å². The minimum Gasteiger partial charge on any atom is -0.381 e. The van der Waals surface area contributed by atoms with Crippen LogP contribution in [0.4, 0.5) is 0 Å². The molecule has 1 atom stereocenters. The molecular formula is C13H27N3O2. The molecule has 0 saturated carbocycles. The zero-order valence-electron chi connectivity index (χ0n) is 11.9. The number of ether oxygens (including phenoxy) is 1. The van der Waals surface area contributed by atoms with Crippen LogP contribution in [0, 0.1) is 0 Å². The second-order valence-corrected chi connectivity index (χ2v) is 5.33. The largest absolute Gasteiger partial charge is 0.381 e. The second kappa shape index (κ2) is 8.45. The summed E-state index contributed by atoms with van der Waals surface area (Å²) in [5, 5.41) is 6.30. The van der Waals surface area contributed by atoms with E-state index in [1.807, 2.05) is 0 Å². The van der Waals surface area contributed by atoms with Crippen LogP contribution in [-0.4, -0.2) is 63.3 Å². The Labute approximate surface area is 110 Å². The van der Waals surface area contributed by atoms with E-state index in [2.05, 4.69) is 36.6 Å². The van der Waals surface area contributed by atoms with Crippen LogP contribution in [0.3, 0.4) is 0 Å². The van der Waals surface area contributed by atoms with Crippen molar-refractivity contribution in [1.82, 2.24) is 15.5 Å². The van der Waals surface area contributed by atoms with Gasteiger partial charge in [-0.1, -0.05) is 0 Å². The predicted octanol–water partition coefficient (Wildman–Crippen LogP) is 0.211. The van der Waals surface area contributed by atoms with Crippen LogP contribution in [0.5, 0.6) is 0 Å². The molecule has 1 heterocycles. The van der Waals surface area contributed by atoms with E-state index in [-0.39, 0.29) is 5.91 Å². The molecule has 0 spiro atoms. The topological polar surface area (TPSA) is 53.6 Å². The predicted molar refractivity (Wildman–Crippen MR) is 72.6 cm³/mol. The molecule has 0 aromatic rings. The molecule has 1 rings (SSSR count). The number of hydrogen-bond acceptors (Lipinski definition) is 4. The molecule has 1 fully saturated rings. The Bertz CT molecular complexity index is 240. The SMILES string of the molecule is CC(CCN(C)C)NCC(=O)NC1CCOCC1. The average Bonchev–Trinajstić information content (AvgIpc) is 2.35. The maximum Gasteiger partial charge on any atom is 0.234 e. The number of nitrogens with zero attached hydrogens (tertiary/aromatic N) is 1. The van der Waals surface area contributed by atoms with Gasteiger partial charge in [0, 0.05) is 25.3 Å². The quantitative estimate of drug-likeness (QED) is 0.685. The van der Waals surface area contributed by atoms with Gasteiger partial charge in [-0.25, -0.2) is 0 Å². The van der Waals surface area contributed by atoms with Crippen LogP contribution < -0.4 is 10.6 Å². The fraction of sp³-hybridized carbons (Fsp3) is 0.923. The van der Waals surface area contributed by atoms with Gasteiger partial charge in [0.2, 0.25) is 5.91 Å². The van der Waals surface area contributed by atoms with Gasteiger partial charge in [0.05, 0.1) is 6.54 Å². The molecule has 1 aliphatic heterocycles. The standard InChI is InChI=1S/C13H27N3O2/c1-11(4-7-16(2)3)14-10-13(17)15-12-5-8-18-9-6-12/h11-12,14H,4-10H2,1-3H3,(H,15,17). The van der Waals surface area contributed by atoms with E-state index in [1.54, 1.807) is 0 Å². The van der Waals surface area contributed by atoms with Gasteiger partial charge < -0.3 is 20.3 Å². The highest BCUT2D eigenvalue weighted by atomic mass is 16.5. The number of carbonyl (C=O) groups excluding carboxylic acids is 1. The third kappa shape index (κ3) is 6.93. The van der Waals surface area contributed by atoms with Crippen molar-refractivity contribution >= 4 is 5.91 Å².